The molecule has 0 fully saturated rings. The lowest BCUT2D eigenvalue weighted by Gasteiger charge is -2.13. The van der Waals surface area contributed by atoms with Crippen LogP contribution in [0, 0.1) is 0 Å². The van der Waals surface area contributed by atoms with Crippen LogP contribution in [0.4, 0.5) is 0 Å². The summed E-state index contributed by atoms with van der Waals surface area (Å²) >= 11 is 0. The molecule has 0 radical (unpaired) electrons. The van der Waals surface area contributed by atoms with Crippen LogP contribution < -0.4 is 4.57 Å². The Morgan fingerprint density at radius 3 is 2.55 bits per heavy atom. The van der Waals surface area contributed by atoms with Crippen molar-refractivity contribution in [1.82, 2.24) is 4.57 Å². The molecule has 0 atom stereocenters. The predicted molar refractivity (Wildman–Crippen MR) is 41.9 cm³/mol. The van der Waals surface area contributed by atoms with Crippen LogP contribution in [-0.4, -0.2) is 15.3 Å². The van der Waals surface area contributed by atoms with Gasteiger partial charge in [-0.25, -0.2) is 9.13 Å². The second kappa shape index (κ2) is 2.66. The monoisotopic (exact) mass is 155 g/mol. The minimum absolute atomic E-state index is 0.633. The van der Waals surface area contributed by atoms with Crippen molar-refractivity contribution in [2.24, 2.45) is 7.05 Å². The fourth-order valence-electron chi connectivity index (χ4n) is 1.04. The first-order valence-corrected chi connectivity index (χ1v) is 3.71. The standard InChI is InChI=1S/C8H15N2O/c1-8(2,11)6-10-5-4-9(3)7-10/h4-5,7,11H,6H2,1-3H3/q+1. The van der Waals surface area contributed by atoms with E-state index in [1.807, 2.05) is 34.9 Å². The molecule has 0 spiro atoms. The van der Waals surface area contributed by atoms with Gasteiger partial charge in [0, 0.05) is 0 Å². The number of aromatic nitrogens is 2. The van der Waals surface area contributed by atoms with Crippen molar-refractivity contribution in [2.45, 2.75) is 26.0 Å². The molecule has 1 N–H and O–H groups in total. The van der Waals surface area contributed by atoms with Gasteiger partial charge >= 0.3 is 0 Å². The summed E-state index contributed by atoms with van der Waals surface area (Å²) in [5, 5.41) is 9.45. The molecule has 0 saturated carbocycles. The SMILES string of the molecule is C[n+]1ccn(CC(C)(C)O)c1. The zero-order valence-corrected chi connectivity index (χ0v) is 7.28. The van der Waals surface area contributed by atoms with Crippen LogP contribution in [0.2, 0.25) is 0 Å². The third-order valence-corrected chi connectivity index (χ3v) is 1.39. The molecule has 3 heteroatoms. The van der Waals surface area contributed by atoms with Crippen molar-refractivity contribution in [3.05, 3.63) is 18.7 Å². The molecule has 0 amide bonds. The van der Waals surface area contributed by atoms with Crippen molar-refractivity contribution in [1.29, 1.82) is 0 Å². The van der Waals surface area contributed by atoms with Gasteiger partial charge in [0.05, 0.1) is 12.6 Å². The summed E-state index contributed by atoms with van der Waals surface area (Å²) in [4.78, 5) is 0. The summed E-state index contributed by atoms with van der Waals surface area (Å²) in [6.45, 7) is 4.23. The average molecular weight is 155 g/mol. The Kier molecular flexibility index (Phi) is 2.00. The quantitative estimate of drug-likeness (QED) is 0.602. The van der Waals surface area contributed by atoms with E-state index in [9.17, 15) is 5.11 Å². The van der Waals surface area contributed by atoms with Gasteiger partial charge in [-0.1, -0.05) is 0 Å². The van der Waals surface area contributed by atoms with Crippen molar-refractivity contribution in [2.75, 3.05) is 0 Å². The summed E-state index contributed by atoms with van der Waals surface area (Å²) in [6, 6.07) is 0. The maximum atomic E-state index is 9.45. The number of imidazole rings is 1. The Labute approximate surface area is 66.9 Å². The largest absolute Gasteiger partial charge is 0.386 e. The zero-order valence-electron chi connectivity index (χ0n) is 7.28. The number of hydrogen-bond donors (Lipinski definition) is 1. The van der Waals surface area contributed by atoms with Gasteiger partial charge in [0.2, 0.25) is 6.33 Å². The highest BCUT2D eigenvalue weighted by Gasteiger charge is 2.16. The van der Waals surface area contributed by atoms with E-state index in [4.69, 9.17) is 0 Å². The molecule has 1 aromatic heterocycles. The molecule has 0 unspecified atom stereocenters. The van der Waals surface area contributed by atoms with Crippen LogP contribution in [0.15, 0.2) is 18.7 Å². The lowest BCUT2D eigenvalue weighted by atomic mass is 10.1. The maximum absolute atomic E-state index is 9.45. The smallest absolute Gasteiger partial charge is 0.243 e. The van der Waals surface area contributed by atoms with Gasteiger partial charge in [-0.15, -0.1) is 0 Å². The second-order valence-electron chi connectivity index (χ2n) is 3.56. The van der Waals surface area contributed by atoms with Crippen molar-refractivity contribution < 1.29 is 9.67 Å². The van der Waals surface area contributed by atoms with Gasteiger partial charge in [-0.2, -0.15) is 0 Å². The Balaban J connectivity index is 2.65. The molecule has 1 rings (SSSR count). The van der Waals surface area contributed by atoms with Gasteiger partial charge < -0.3 is 5.11 Å². The fraction of sp³-hybridized carbons (Fsp3) is 0.625. The van der Waals surface area contributed by atoms with Crippen LogP contribution in [0.1, 0.15) is 13.8 Å². The highest BCUT2D eigenvalue weighted by molar-refractivity contribution is 4.72. The lowest BCUT2D eigenvalue weighted by Crippen LogP contribution is -2.28. The van der Waals surface area contributed by atoms with E-state index in [2.05, 4.69) is 0 Å². The van der Waals surface area contributed by atoms with Crippen molar-refractivity contribution in [3.8, 4) is 0 Å². The minimum Gasteiger partial charge on any atom is -0.386 e. The first-order valence-electron chi connectivity index (χ1n) is 3.71. The molecule has 3 nitrogen and oxygen atoms in total. The molecule has 1 heterocycles. The highest BCUT2D eigenvalue weighted by atomic mass is 16.3. The summed E-state index contributed by atoms with van der Waals surface area (Å²) in [5.74, 6) is 0. The van der Waals surface area contributed by atoms with Crippen LogP contribution >= 0.6 is 0 Å². The van der Waals surface area contributed by atoms with Crippen molar-refractivity contribution >= 4 is 0 Å². The third-order valence-electron chi connectivity index (χ3n) is 1.39. The first-order chi connectivity index (χ1) is 4.97. The van der Waals surface area contributed by atoms with Gasteiger partial charge in [-0.3, -0.25) is 0 Å². The molecule has 0 bridgehead atoms. The first kappa shape index (κ1) is 8.27. The van der Waals surface area contributed by atoms with Gasteiger partial charge in [0.15, 0.2) is 0 Å². The Morgan fingerprint density at radius 2 is 2.18 bits per heavy atom. The normalized spacial score (nSPS) is 12.0. The zero-order chi connectivity index (χ0) is 8.48. The van der Waals surface area contributed by atoms with E-state index in [1.165, 1.54) is 0 Å². The van der Waals surface area contributed by atoms with E-state index in [-0.39, 0.29) is 0 Å². The van der Waals surface area contributed by atoms with Crippen molar-refractivity contribution in [3.63, 3.8) is 0 Å². The number of aliphatic hydroxyl groups is 1. The summed E-state index contributed by atoms with van der Waals surface area (Å²) in [5.41, 5.74) is -0.633. The Hall–Kier alpha value is -0.830. The van der Waals surface area contributed by atoms with Gasteiger partial charge in [-0.05, 0) is 13.8 Å². The summed E-state index contributed by atoms with van der Waals surface area (Å²) in [7, 11) is 1.96. The molecule has 0 saturated heterocycles. The van der Waals surface area contributed by atoms with E-state index in [0.29, 0.717) is 6.54 Å². The Morgan fingerprint density at radius 1 is 1.55 bits per heavy atom. The fourth-order valence-corrected chi connectivity index (χ4v) is 1.04. The molecule has 11 heavy (non-hydrogen) atoms. The number of aryl methyl sites for hydroxylation is 1. The molecule has 0 aliphatic rings. The van der Waals surface area contributed by atoms with E-state index in [0.717, 1.165) is 0 Å². The molecular weight excluding hydrogens is 140 g/mol. The van der Waals surface area contributed by atoms with Crippen LogP contribution in [0.5, 0.6) is 0 Å². The average Bonchev–Trinajstić information content (AvgIpc) is 2.10. The van der Waals surface area contributed by atoms with E-state index >= 15 is 0 Å². The molecular formula is C8H15N2O+. The number of rotatable bonds is 2. The van der Waals surface area contributed by atoms with Gasteiger partial charge in [0.25, 0.3) is 0 Å². The molecule has 0 aliphatic carbocycles. The summed E-state index contributed by atoms with van der Waals surface area (Å²) < 4.78 is 3.91. The number of hydrogen-bond acceptors (Lipinski definition) is 1. The van der Waals surface area contributed by atoms with E-state index < -0.39 is 5.60 Å². The predicted octanol–water partition coefficient (Wildman–Crippen LogP) is 0.0835. The van der Waals surface area contributed by atoms with E-state index in [1.54, 1.807) is 13.8 Å². The lowest BCUT2D eigenvalue weighted by molar-refractivity contribution is -0.671. The Bertz CT molecular complexity index is 234. The molecule has 0 aromatic carbocycles. The van der Waals surface area contributed by atoms with Gasteiger partial charge in [0.1, 0.15) is 18.9 Å². The highest BCUT2D eigenvalue weighted by Crippen LogP contribution is 2.03. The topological polar surface area (TPSA) is 29.0 Å². The van der Waals surface area contributed by atoms with Crippen LogP contribution in [0.25, 0.3) is 0 Å². The number of nitrogens with zero attached hydrogens (tertiary/aromatic N) is 2. The van der Waals surface area contributed by atoms with Crippen LogP contribution in [0.3, 0.4) is 0 Å². The summed E-state index contributed by atoms with van der Waals surface area (Å²) in [6.07, 6.45) is 5.84. The van der Waals surface area contributed by atoms with Crippen LogP contribution in [-0.2, 0) is 13.6 Å². The molecule has 0 aliphatic heterocycles. The maximum Gasteiger partial charge on any atom is 0.243 e. The minimum atomic E-state index is -0.633. The third kappa shape index (κ3) is 2.72. The molecule has 1 aromatic rings. The molecule has 62 valence electrons. The second-order valence-corrected chi connectivity index (χ2v) is 3.56.